The Hall–Kier alpha value is -2.02. The summed E-state index contributed by atoms with van der Waals surface area (Å²) in [5.74, 6) is 0.0848. The number of ether oxygens (including phenoxy) is 1. The van der Waals surface area contributed by atoms with Crippen LogP contribution >= 0.6 is 0 Å². The van der Waals surface area contributed by atoms with E-state index >= 15 is 0 Å². The lowest BCUT2D eigenvalue weighted by atomic mass is 10.1. The van der Waals surface area contributed by atoms with Gasteiger partial charge in [0.05, 0.1) is 13.4 Å². The number of unbranched alkanes of at least 4 members (excludes halogenated alkanes) is 1. The zero-order valence-electron chi connectivity index (χ0n) is 12.8. The Bertz CT molecular complexity index is 792. The van der Waals surface area contributed by atoms with Gasteiger partial charge in [0.25, 0.3) is 0 Å². The topological polar surface area (TPSA) is 85.6 Å². The number of aryl methyl sites for hydroxylation is 1. The predicted octanol–water partition coefficient (Wildman–Crippen LogP) is 2.93. The molecule has 6 nitrogen and oxygen atoms in total. The number of anilines is 1. The average molecular weight is 325 g/mol. The van der Waals surface area contributed by atoms with Gasteiger partial charge < -0.3 is 9.15 Å². The number of fused-ring (bicyclic) bond motifs is 1. The van der Waals surface area contributed by atoms with Crippen LogP contribution in [0.25, 0.3) is 11.0 Å². The van der Waals surface area contributed by atoms with Crippen molar-refractivity contribution in [2.24, 2.45) is 0 Å². The number of nitrogens with one attached hydrogen (secondary N) is 1. The van der Waals surface area contributed by atoms with Gasteiger partial charge >= 0.3 is 5.97 Å². The fourth-order valence-corrected chi connectivity index (χ4v) is 2.82. The van der Waals surface area contributed by atoms with E-state index < -0.39 is 16.0 Å². The monoisotopic (exact) mass is 325 g/mol. The van der Waals surface area contributed by atoms with Crippen molar-refractivity contribution in [1.82, 2.24) is 0 Å². The molecule has 1 aromatic heterocycles. The lowest BCUT2D eigenvalue weighted by molar-refractivity contribution is 0.0600. The first kappa shape index (κ1) is 16.4. The number of hydrogen-bond acceptors (Lipinski definition) is 5. The molecule has 1 heterocycles. The summed E-state index contributed by atoms with van der Waals surface area (Å²) in [6.07, 6.45) is 3.56. The largest absolute Gasteiger partial charge is 0.465 e. The molecular formula is C15H19NO5S. The number of benzene rings is 1. The lowest BCUT2D eigenvalue weighted by Gasteiger charge is -2.04. The predicted molar refractivity (Wildman–Crippen MR) is 84.6 cm³/mol. The summed E-state index contributed by atoms with van der Waals surface area (Å²) in [6.45, 7) is 2.05. The van der Waals surface area contributed by atoms with Crippen LogP contribution in [0.5, 0.6) is 0 Å². The molecule has 0 unspecified atom stereocenters. The van der Waals surface area contributed by atoms with Gasteiger partial charge in [-0.3, -0.25) is 4.72 Å². The summed E-state index contributed by atoms with van der Waals surface area (Å²) in [6, 6.07) is 4.82. The molecule has 0 aliphatic rings. The third-order valence-corrected chi connectivity index (χ3v) is 3.82. The minimum Gasteiger partial charge on any atom is -0.465 e. The van der Waals surface area contributed by atoms with E-state index in [4.69, 9.17) is 9.15 Å². The first-order valence-electron chi connectivity index (χ1n) is 6.97. The summed E-state index contributed by atoms with van der Waals surface area (Å²) < 4.78 is 35.6. The highest BCUT2D eigenvalue weighted by Crippen LogP contribution is 2.30. The van der Waals surface area contributed by atoms with Crippen molar-refractivity contribution in [1.29, 1.82) is 0 Å². The van der Waals surface area contributed by atoms with Gasteiger partial charge in [-0.15, -0.1) is 0 Å². The fourth-order valence-electron chi connectivity index (χ4n) is 2.27. The summed E-state index contributed by atoms with van der Waals surface area (Å²) in [4.78, 5) is 12.0. The van der Waals surface area contributed by atoms with Crippen LogP contribution in [0.3, 0.4) is 0 Å². The summed E-state index contributed by atoms with van der Waals surface area (Å²) in [5, 5.41) is 0.548. The van der Waals surface area contributed by atoms with Crippen molar-refractivity contribution in [2.45, 2.75) is 26.2 Å². The van der Waals surface area contributed by atoms with Crippen LogP contribution in [0.4, 0.5) is 5.69 Å². The molecule has 22 heavy (non-hydrogen) atoms. The number of esters is 1. The average Bonchev–Trinajstić information content (AvgIpc) is 2.80. The Kier molecular flexibility index (Phi) is 4.75. The maximum Gasteiger partial charge on any atom is 0.342 e. The van der Waals surface area contributed by atoms with Gasteiger partial charge in [0.1, 0.15) is 16.9 Å². The lowest BCUT2D eigenvalue weighted by Crippen LogP contribution is -2.09. The smallest absolute Gasteiger partial charge is 0.342 e. The third-order valence-electron chi connectivity index (χ3n) is 3.21. The number of sulfonamides is 1. The zero-order valence-corrected chi connectivity index (χ0v) is 13.6. The van der Waals surface area contributed by atoms with Gasteiger partial charge in [0.15, 0.2) is 0 Å². The van der Waals surface area contributed by atoms with Crippen molar-refractivity contribution in [2.75, 3.05) is 18.1 Å². The SMILES string of the molecule is CCCCc1oc2ccc(NS(C)(=O)=O)cc2c1C(=O)OC. The molecule has 1 aromatic carbocycles. The van der Waals surface area contributed by atoms with Gasteiger partial charge in [-0.1, -0.05) is 13.3 Å². The Morgan fingerprint density at radius 2 is 2.09 bits per heavy atom. The summed E-state index contributed by atoms with van der Waals surface area (Å²) in [7, 11) is -2.08. The molecule has 2 aromatic rings. The molecular weight excluding hydrogens is 306 g/mol. The van der Waals surface area contributed by atoms with Crippen molar-refractivity contribution >= 4 is 32.6 Å². The second-order valence-electron chi connectivity index (χ2n) is 5.08. The Labute approximate surface area is 129 Å². The van der Waals surface area contributed by atoms with Gasteiger partial charge in [-0.05, 0) is 24.6 Å². The first-order valence-corrected chi connectivity index (χ1v) is 8.86. The maximum atomic E-state index is 12.0. The van der Waals surface area contributed by atoms with Crippen molar-refractivity contribution in [3.63, 3.8) is 0 Å². The molecule has 120 valence electrons. The molecule has 0 saturated heterocycles. The molecule has 7 heteroatoms. The van der Waals surface area contributed by atoms with Crippen molar-refractivity contribution < 1.29 is 22.4 Å². The molecule has 0 aliphatic heterocycles. The van der Waals surface area contributed by atoms with Crippen molar-refractivity contribution in [3.05, 3.63) is 29.5 Å². The zero-order chi connectivity index (χ0) is 16.3. The van der Waals surface area contributed by atoms with Crippen molar-refractivity contribution in [3.8, 4) is 0 Å². The van der Waals surface area contributed by atoms with E-state index in [-0.39, 0.29) is 0 Å². The van der Waals surface area contributed by atoms with Crippen LogP contribution in [-0.4, -0.2) is 27.8 Å². The van der Waals surface area contributed by atoms with Gasteiger partial charge in [-0.25, -0.2) is 13.2 Å². The number of carbonyl (C=O) groups excluding carboxylic acids is 1. The normalized spacial score (nSPS) is 11.6. The summed E-state index contributed by atoms with van der Waals surface area (Å²) in [5.41, 5.74) is 1.27. The minimum atomic E-state index is -3.39. The molecule has 2 rings (SSSR count). The third kappa shape index (κ3) is 3.59. The summed E-state index contributed by atoms with van der Waals surface area (Å²) >= 11 is 0. The van der Waals surface area contributed by atoms with E-state index in [1.54, 1.807) is 18.2 Å². The van der Waals surface area contributed by atoms with Crippen LogP contribution in [0.15, 0.2) is 22.6 Å². The Balaban J connectivity index is 2.55. The van der Waals surface area contributed by atoms with Gasteiger partial charge in [-0.2, -0.15) is 0 Å². The Morgan fingerprint density at radius 1 is 1.36 bits per heavy atom. The standard InChI is InChI=1S/C15H19NO5S/c1-4-5-6-13-14(15(17)20-2)11-9-10(16-22(3,18)19)7-8-12(11)21-13/h7-9,16H,4-6H2,1-3H3. The molecule has 0 saturated carbocycles. The highest BCUT2D eigenvalue weighted by atomic mass is 32.2. The molecule has 0 spiro atoms. The van der Waals surface area contributed by atoms with E-state index in [0.29, 0.717) is 34.4 Å². The van der Waals surface area contributed by atoms with E-state index in [9.17, 15) is 13.2 Å². The highest BCUT2D eigenvalue weighted by Gasteiger charge is 2.21. The highest BCUT2D eigenvalue weighted by molar-refractivity contribution is 7.92. The number of carbonyl (C=O) groups is 1. The fraction of sp³-hybridized carbons (Fsp3) is 0.400. The van der Waals surface area contributed by atoms with Gasteiger partial charge in [0, 0.05) is 17.5 Å². The molecule has 0 radical (unpaired) electrons. The van der Waals surface area contributed by atoms with E-state index in [2.05, 4.69) is 11.6 Å². The minimum absolute atomic E-state index is 0.364. The molecule has 0 atom stereocenters. The molecule has 0 aliphatic carbocycles. The maximum absolute atomic E-state index is 12.0. The van der Waals surface area contributed by atoms with E-state index in [0.717, 1.165) is 19.1 Å². The van der Waals surface area contributed by atoms with Crippen LogP contribution < -0.4 is 4.72 Å². The molecule has 0 fully saturated rings. The quantitative estimate of drug-likeness (QED) is 0.825. The number of rotatable bonds is 6. The van der Waals surface area contributed by atoms with Crippen LogP contribution in [0.2, 0.25) is 0 Å². The molecule has 0 amide bonds. The number of hydrogen-bond donors (Lipinski definition) is 1. The van der Waals surface area contributed by atoms with Gasteiger partial charge in [0.2, 0.25) is 10.0 Å². The second kappa shape index (κ2) is 6.39. The molecule has 0 bridgehead atoms. The van der Waals surface area contributed by atoms with Crippen LogP contribution in [0.1, 0.15) is 35.9 Å². The number of furan rings is 1. The number of methoxy groups -OCH3 is 1. The molecule has 1 N–H and O–H groups in total. The first-order chi connectivity index (χ1) is 10.4. The van der Waals surface area contributed by atoms with E-state index in [1.165, 1.54) is 7.11 Å². The van der Waals surface area contributed by atoms with Crippen LogP contribution in [0, 0.1) is 0 Å². The Morgan fingerprint density at radius 3 is 2.68 bits per heavy atom. The van der Waals surface area contributed by atoms with E-state index in [1.807, 2.05) is 0 Å². The second-order valence-corrected chi connectivity index (χ2v) is 6.83. The van der Waals surface area contributed by atoms with Crippen LogP contribution in [-0.2, 0) is 21.2 Å².